The first-order valence-electron chi connectivity index (χ1n) is 7.63. The van der Waals surface area contributed by atoms with E-state index in [2.05, 4.69) is 16.6 Å². The van der Waals surface area contributed by atoms with Crippen molar-refractivity contribution >= 4 is 27.3 Å². The average Bonchev–Trinajstić information content (AvgIpc) is 2.65. The smallest absolute Gasteiger partial charge is 0.293 e. The maximum Gasteiger partial charge on any atom is 0.293 e. The first kappa shape index (κ1) is 19.9. The van der Waals surface area contributed by atoms with Crippen LogP contribution in [0, 0.1) is 10.1 Å². The Labute approximate surface area is 155 Å². The van der Waals surface area contributed by atoms with Gasteiger partial charge in [-0.05, 0) is 24.3 Å². The van der Waals surface area contributed by atoms with Crippen molar-refractivity contribution in [2.24, 2.45) is 0 Å². The number of sulfonamides is 1. The maximum atomic E-state index is 12.7. The van der Waals surface area contributed by atoms with Gasteiger partial charge in [0.2, 0.25) is 0 Å². The van der Waals surface area contributed by atoms with Gasteiger partial charge >= 0.3 is 0 Å². The summed E-state index contributed by atoms with van der Waals surface area (Å²) in [5.41, 5.74) is -0.585. The average molecular weight is 391 g/mol. The van der Waals surface area contributed by atoms with Crippen LogP contribution in [-0.2, 0) is 10.0 Å². The summed E-state index contributed by atoms with van der Waals surface area (Å²) in [5.74, 6) is -0.373. The molecule has 2 aromatic carbocycles. The molecule has 0 aromatic heterocycles. The number of rotatable bonds is 8. The van der Waals surface area contributed by atoms with Crippen molar-refractivity contribution in [1.29, 1.82) is 0 Å². The SMILES string of the molecule is C=CCNC(=O)c1ccccc1NS(=O)(=O)c1ccc(OC)cc1[N+](=O)[O-]. The van der Waals surface area contributed by atoms with Crippen LogP contribution in [0.3, 0.4) is 0 Å². The largest absolute Gasteiger partial charge is 0.497 e. The zero-order chi connectivity index (χ0) is 20.0. The first-order valence-corrected chi connectivity index (χ1v) is 9.12. The number of anilines is 1. The second-order valence-electron chi connectivity index (χ2n) is 5.24. The summed E-state index contributed by atoms with van der Waals surface area (Å²) in [6, 6.07) is 9.29. The standard InChI is InChI=1S/C17H17N3O6S/c1-3-10-18-17(21)13-6-4-5-7-14(13)19-27(24,25)16-9-8-12(26-2)11-15(16)20(22)23/h3-9,11,19H,1,10H2,2H3,(H,18,21). The lowest BCUT2D eigenvalue weighted by molar-refractivity contribution is -0.387. The van der Waals surface area contributed by atoms with Crippen molar-refractivity contribution in [2.45, 2.75) is 4.90 Å². The van der Waals surface area contributed by atoms with Gasteiger partial charge in [-0.3, -0.25) is 19.6 Å². The van der Waals surface area contributed by atoms with Gasteiger partial charge in [-0.25, -0.2) is 8.42 Å². The summed E-state index contributed by atoms with van der Waals surface area (Å²) in [7, 11) is -3.03. The number of para-hydroxylation sites is 1. The molecular weight excluding hydrogens is 374 g/mol. The third kappa shape index (κ3) is 4.61. The van der Waals surface area contributed by atoms with E-state index in [1.54, 1.807) is 6.07 Å². The minimum Gasteiger partial charge on any atom is -0.497 e. The van der Waals surface area contributed by atoms with Gasteiger partial charge in [-0.2, -0.15) is 0 Å². The van der Waals surface area contributed by atoms with Crippen LogP contribution in [0.25, 0.3) is 0 Å². The molecule has 2 rings (SSSR count). The highest BCUT2D eigenvalue weighted by molar-refractivity contribution is 7.92. The summed E-state index contributed by atoms with van der Waals surface area (Å²) in [6.07, 6.45) is 1.48. The molecule has 0 aliphatic heterocycles. The highest BCUT2D eigenvalue weighted by atomic mass is 32.2. The molecule has 0 fully saturated rings. The summed E-state index contributed by atoms with van der Waals surface area (Å²) in [6.45, 7) is 3.69. The van der Waals surface area contributed by atoms with E-state index in [9.17, 15) is 23.3 Å². The van der Waals surface area contributed by atoms with Gasteiger partial charge in [0.15, 0.2) is 4.90 Å². The Hall–Kier alpha value is -3.40. The molecule has 9 nitrogen and oxygen atoms in total. The van der Waals surface area contributed by atoms with Gasteiger partial charge < -0.3 is 10.1 Å². The van der Waals surface area contributed by atoms with Crippen LogP contribution in [0.15, 0.2) is 60.0 Å². The Morgan fingerprint density at radius 1 is 1.30 bits per heavy atom. The van der Waals surface area contributed by atoms with Gasteiger partial charge in [0.1, 0.15) is 5.75 Å². The topological polar surface area (TPSA) is 128 Å². The van der Waals surface area contributed by atoms with E-state index in [0.717, 1.165) is 12.1 Å². The molecule has 10 heteroatoms. The number of nitro groups is 1. The van der Waals surface area contributed by atoms with Crippen molar-refractivity contribution in [3.05, 3.63) is 70.8 Å². The predicted molar refractivity (Wildman–Crippen MR) is 99.4 cm³/mol. The Morgan fingerprint density at radius 2 is 2.00 bits per heavy atom. The van der Waals surface area contributed by atoms with Crippen LogP contribution in [0.5, 0.6) is 5.75 Å². The van der Waals surface area contributed by atoms with Gasteiger partial charge in [-0.1, -0.05) is 18.2 Å². The molecule has 0 saturated carbocycles. The van der Waals surface area contributed by atoms with Crippen molar-refractivity contribution in [3.63, 3.8) is 0 Å². The van der Waals surface area contributed by atoms with Gasteiger partial charge in [0, 0.05) is 6.54 Å². The summed E-state index contributed by atoms with van der Waals surface area (Å²) in [5, 5.41) is 13.8. The van der Waals surface area contributed by atoms with Crippen molar-refractivity contribution in [3.8, 4) is 5.75 Å². The molecule has 0 saturated heterocycles. The Morgan fingerprint density at radius 3 is 2.63 bits per heavy atom. The number of ether oxygens (including phenoxy) is 1. The molecule has 2 N–H and O–H groups in total. The van der Waals surface area contributed by atoms with Crippen LogP contribution >= 0.6 is 0 Å². The third-order valence-corrected chi connectivity index (χ3v) is 4.89. The molecule has 0 aliphatic carbocycles. The zero-order valence-electron chi connectivity index (χ0n) is 14.3. The number of methoxy groups -OCH3 is 1. The predicted octanol–water partition coefficient (Wildman–Crippen LogP) is 2.32. The molecule has 142 valence electrons. The number of carbonyl (C=O) groups excluding carboxylic acids is 1. The second kappa shape index (κ2) is 8.32. The molecule has 0 spiro atoms. The molecule has 2 aromatic rings. The van der Waals surface area contributed by atoms with E-state index < -0.39 is 31.4 Å². The number of nitrogens with one attached hydrogen (secondary N) is 2. The molecule has 0 heterocycles. The van der Waals surface area contributed by atoms with Crippen LogP contribution in [0.2, 0.25) is 0 Å². The third-order valence-electron chi connectivity index (χ3n) is 3.48. The zero-order valence-corrected chi connectivity index (χ0v) is 15.2. The number of hydrogen-bond donors (Lipinski definition) is 2. The minimum atomic E-state index is -4.34. The van der Waals surface area contributed by atoms with Crippen LogP contribution < -0.4 is 14.8 Å². The van der Waals surface area contributed by atoms with E-state index in [1.165, 1.54) is 37.5 Å². The molecule has 0 bridgehead atoms. The highest BCUT2D eigenvalue weighted by Crippen LogP contribution is 2.30. The van der Waals surface area contributed by atoms with Gasteiger partial charge in [-0.15, -0.1) is 6.58 Å². The molecule has 0 radical (unpaired) electrons. The lowest BCUT2D eigenvalue weighted by Gasteiger charge is -2.13. The van der Waals surface area contributed by atoms with Gasteiger partial charge in [0.25, 0.3) is 21.6 Å². The quantitative estimate of drug-likeness (QED) is 0.404. The summed E-state index contributed by atoms with van der Waals surface area (Å²) in [4.78, 5) is 22.1. The number of amides is 1. The fourth-order valence-electron chi connectivity index (χ4n) is 2.22. The second-order valence-corrected chi connectivity index (χ2v) is 6.89. The number of nitro benzene ring substituents is 1. The lowest BCUT2D eigenvalue weighted by atomic mass is 10.1. The number of hydrogen-bond acceptors (Lipinski definition) is 6. The van der Waals surface area contributed by atoms with Crippen LogP contribution in [0.4, 0.5) is 11.4 Å². The lowest BCUT2D eigenvalue weighted by Crippen LogP contribution is -2.25. The molecule has 0 unspecified atom stereocenters. The van der Waals surface area contributed by atoms with Crippen molar-refractivity contribution in [1.82, 2.24) is 5.32 Å². The summed E-state index contributed by atoms with van der Waals surface area (Å²) >= 11 is 0. The van der Waals surface area contributed by atoms with E-state index in [0.29, 0.717) is 0 Å². The molecule has 0 atom stereocenters. The van der Waals surface area contributed by atoms with E-state index in [4.69, 9.17) is 4.74 Å². The molecule has 1 amide bonds. The maximum absolute atomic E-state index is 12.7. The molecular formula is C17H17N3O6S. The van der Waals surface area contributed by atoms with E-state index in [-0.39, 0.29) is 23.5 Å². The summed E-state index contributed by atoms with van der Waals surface area (Å²) < 4.78 is 32.6. The Balaban J connectivity index is 2.45. The number of carbonyl (C=O) groups is 1. The first-order chi connectivity index (χ1) is 12.8. The fourth-order valence-corrected chi connectivity index (χ4v) is 3.46. The normalized spacial score (nSPS) is 10.7. The number of benzene rings is 2. The van der Waals surface area contributed by atoms with Crippen LogP contribution in [-0.4, -0.2) is 32.9 Å². The van der Waals surface area contributed by atoms with Crippen LogP contribution in [0.1, 0.15) is 10.4 Å². The Kier molecular flexibility index (Phi) is 6.14. The van der Waals surface area contributed by atoms with E-state index >= 15 is 0 Å². The van der Waals surface area contributed by atoms with E-state index in [1.807, 2.05) is 0 Å². The fraction of sp³-hybridized carbons (Fsp3) is 0.118. The minimum absolute atomic E-state index is 0.0100. The van der Waals surface area contributed by atoms with Crippen molar-refractivity contribution < 1.29 is 22.9 Å². The molecule has 0 aliphatic rings. The Bertz CT molecular complexity index is 988. The van der Waals surface area contributed by atoms with Crippen molar-refractivity contribution in [2.75, 3.05) is 18.4 Å². The highest BCUT2D eigenvalue weighted by Gasteiger charge is 2.27. The number of nitrogens with zero attached hydrogens (tertiary/aromatic N) is 1. The monoisotopic (exact) mass is 391 g/mol. The molecule has 27 heavy (non-hydrogen) atoms. The van der Waals surface area contributed by atoms with Gasteiger partial charge in [0.05, 0.1) is 29.4 Å².